The normalized spacial score (nSPS) is 11.1. The monoisotopic (exact) mass is 375 g/mol. The van der Waals surface area contributed by atoms with Crippen molar-refractivity contribution in [1.29, 1.82) is 0 Å². The van der Waals surface area contributed by atoms with E-state index in [1.807, 2.05) is 44.2 Å². The van der Waals surface area contributed by atoms with E-state index < -0.39 is 0 Å². The zero-order valence-corrected chi connectivity index (χ0v) is 16.4. The number of nitrogens with zero attached hydrogens (tertiary/aromatic N) is 2. The van der Waals surface area contributed by atoms with Crippen molar-refractivity contribution in [2.75, 3.05) is 5.32 Å². The number of nitrogens with one attached hydrogen (secondary N) is 1. The summed E-state index contributed by atoms with van der Waals surface area (Å²) in [5.74, 6) is 1.68. The fraction of sp³-hybridized carbons (Fsp3) is 0.182. The van der Waals surface area contributed by atoms with Gasteiger partial charge in [-0.2, -0.15) is 0 Å². The molecule has 0 bridgehead atoms. The summed E-state index contributed by atoms with van der Waals surface area (Å²) in [7, 11) is 0. The van der Waals surface area contributed by atoms with Crippen molar-refractivity contribution >= 4 is 33.1 Å². The van der Waals surface area contributed by atoms with Crippen LogP contribution in [0.25, 0.3) is 21.3 Å². The van der Waals surface area contributed by atoms with Crippen molar-refractivity contribution < 1.29 is 4.74 Å². The number of hydrogen-bond donors (Lipinski definition) is 1. The highest BCUT2D eigenvalue weighted by atomic mass is 32.1. The number of rotatable bonds is 5. The summed E-state index contributed by atoms with van der Waals surface area (Å²) in [6.45, 7) is 6.18. The van der Waals surface area contributed by atoms with E-state index in [1.54, 1.807) is 17.7 Å². The molecule has 0 aliphatic heterocycles. The Morgan fingerprint density at radius 2 is 1.70 bits per heavy atom. The standard InChI is InChI=1S/C22H21N3OS/c1-14(2)26-18-11-9-17(10-12-18)25-21-20-19(16-7-5-4-6-8-16)15(3)27-22(20)24-13-23-21/h4-14H,1-3H3,(H,23,24,25). The lowest BCUT2D eigenvalue weighted by atomic mass is 10.0. The Balaban J connectivity index is 1.74. The van der Waals surface area contributed by atoms with E-state index in [2.05, 4.69) is 46.5 Å². The molecule has 0 amide bonds. The molecule has 1 N–H and O–H groups in total. The lowest BCUT2D eigenvalue weighted by Crippen LogP contribution is -2.05. The minimum absolute atomic E-state index is 0.160. The van der Waals surface area contributed by atoms with E-state index in [4.69, 9.17) is 4.74 Å². The second-order valence-electron chi connectivity index (χ2n) is 6.62. The third-order valence-electron chi connectivity index (χ3n) is 4.22. The van der Waals surface area contributed by atoms with Gasteiger partial charge in [-0.15, -0.1) is 11.3 Å². The molecule has 0 atom stereocenters. The number of ether oxygens (including phenoxy) is 1. The third-order valence-corrected chi connectivity index (χ3v) is 5.23. The molecule has 4 rings (SSSR count). The molecular weight excluding hydrogens is 354 g/mol. The number of fused-ring (bicyclic) bond motifs is 1. The largest absolute Gasteiger partial charge is 0.491 e. The summed E-state index contributed by atoms with van der Waals surface area (Å²) in [6, 6.07) is 18.4. The fourth-order valence-corrected chi connectivity index (χ4v) is 4.13. The Labute approximate surface area is 162 Å². The van der Waals surface area contributed by atoms with Gasteiger partial charge in [-0.3, -0.25) is 0 Å². The fourth-order valence-electron chi connectivity index (χ4n) is 3.12. The van der Waals surface area contributed by atoms with Crippen LogP contribution >= 0.6 is 11.3 Å². The van der Waals surface area contributed by atoms with Gasteiger partial charge < -0.3 is 10.1 Å². The molecule has 0 aliphatic rings. The third kappa shape index (κ3) is 3.64. The van der Waals surface area contributed by atoms with E-state index in [-0.39, 0.29) is 6.10 Å². The molecular formula is C22H21N3OS. The van der Waals surface area contributed by atoms with Gasteiger partial charge in [0.25, 0.3) is 0 Å². The molecule has 0 radical (unpaired) electrons. The van der Waals surface area contributed by atoms with Crippen molar-refractivity contribution in [1.82, 2.24) is 9.97 Å². The summed E-state index contributed by atoms with van der Waals surface area (Å²) in [4.78, 5) is 11.2. The summed E-state index contributed by atoms with van der Waals surface area (Å²) in [5, 5.41) is 4.51. The van der Waals surface area contributed by atoms with Crippen LogP contribution in [0, 0.1) is 6.92 Å². The first-order valence-electron chi connectivity index (χ1n) is 8.95. The molecule has 136 valence electrons. The Morgan fingerprint density at radius 1 is 0.963 bits per heavy atom. The Bertz CT molecular complexity index is 1060. The van der Waals surface area contributed by atoms with Crippen LogP contribution in [-0.4, -0.2) is 16.1 Å². The molecule has 0 saturated heterocycles. The summed E-state index contributed by atoms with van der Waals surface area (Å²) in [5.41, 5.74) is 3.34. The average molecular weight is 375 g/mol. The first kappa shape index (κ1) is 17.5. The van der Waals surface area contributed by atoms with Crippen molar-refractivity contribution in [3.05, 3.63) is 65.8 Å². The maximum absolute atomic E-state index is 5.72. The van der Waals surface area contributed by atoms with E-state index in [9.17, 15) is 0 Å². The molecule has 4 aromatic rings. The second kappa shape index (κ2) is 7.37. The highest BCUT2D eigenvalue weighted by Gasteiger charge is 2.16. The zero-order chi connectivity index (χ0) is 18.8. The number of hydrogen-bond acceptors (Lipinski definition) is 5. The molecule has 2 heterocycles. The SMILES string of the molecule is Cc1sc2ncnc(Nc3ccc(OC(C)C)cc3)c2c1-c1ccccc1. The van der Waals surface area contributed by atoms with Crippen molar-refractivity contribution in [3.8, 4) is 16.9 Å². The van der Waals surface area contributed by atoms with Crippen molar-refractivity contribution in [2.24, 2.45) is 0 Å². The van der Waals surface area contributed by atoms with Gasteiger partial charge in [-0.1, -0.05) is 30.3 Å². The number of anilines is 2. The number of thiophene rings is 1. The predicted octanol–water partition coefficient (Wildman–Crippen LogP) is 6.20. The van der Waals surface area contributed by atoms with Gasteiger partial charge in [0.1, 0.15) is 22.7 Å². The van der Waals surface area contributed by atoms with Gasteiger partial charge in [0.2, 0.25) is 0 Å². The summed E-state index contributed by atoms with van der Waals surface area (Å²) in [6.07, 6.45) is 1.78. The minimum atomic E-state index is 0.160. The molecule has 5 heteroatoms. The van der Waals surface area contributed by atoms with Gasteiger partial charge in [0.05, 0.1) is 11.5 Å². The lowest BCUT2D eigenvalue weighted by Gasteiger charge is -2.12. The van der Waals surface area contributed by atoms with Crippen molar-refractivity contribution in [2.45, 2.75) is 26.9 Å². The molecule has 0 fully saturated rings. The van der Waals surface area contributed by atoms with Crippen LogP contribution in [0.1, 0.15) is 18.7 Å². The maximum Gasteiger partial charge on any atom is 0.143 e. The molecule has 27 heavy (non-hydrogen) atoms. The van der Waals surface area contributed by atoms with Crippen LogP contribution < -0.4 is 10.1 Å². The smallest absolute Gasteiger partial charge is 0.143 e. The number of benzene rings is 2. The Morgan fingerprint density at radius 3 is 2.41 bits per heavy atom. The molecule has 4 nitrogen and oxygen atoms in total. The summed E-state index contributed by atoms with van der Waals surface area (Å²) < 4.78 is 5.72. The second-order valence-corrected chi connectivity index (χ2v) is 7.82. The van der Waals surface area contributed by atoms with Gasteiger partial charge in [0.15, 0.2) is 0 Å². The van der Waals surface area contributed by atoms with Gasteiger partial charge in [-0.25, -0.2) is 9.97 Å². The first-order valence-corrected chi connectivity index (χ1v) is 9.76. The van der Waals surface area contributed by atoms with Crippen LogP contribution in [0.5, 0.6) is 5.75 Å². The van der Waals surface area contributed by atoms with E-state index in [1.165, 1.54) is 16.0 Å². The summed E-state index contributed by atoms with van der Waals surface area (Å²) >= 11 is 1.70. The van der Waals surface area contributed by atoms with Crippen LogP contribution in [0.3, 0.4) is 0 Å². The molecule has 0 aliphatic carbocycles. The quantitative estimate of drug-likeness (QED) is 0.451. The Hall–Kier alpha value is -2.92. The van der Waals surface area contributed by atoms with Crippen LogP contribution in [0.15, 0.2) is 60.9 Å². The van der Waals surface area contributed by atoms with Gasteiger partial charge in [-0.05, 0) is 50.6 Å². The lowest BCUT2D eigenvalue weighted by molar-refractivity contribution is 0.242. The van der Waals surface area contributed by atoms with E-state index in [0.717, 1.165) is 27.5 Å². The maximum atomic E-state index is 5.72. The molecule has 0 spiro atoms. The molecule has 2 aromatic carbocycles. The van der Waals surface area contributed by atoms with Crippen molar-refractivity contribution in [3.63, 3.8) is 0 Å². The van der Waals surface area contributed by atoms with Crippen LogP contribution in [0.2, 0.25) is 0 Å². The molecule has 2 aromatic heterocycles. The number of aromatic nitrogens is 2. The van der Waals surface area contributed by atoms with Crippen LogP contribution in [0.4, 0.5) is 11.5 Å². The highest BCUT2D eigenvalue weighted by Crippen LogP contribution is 2.40. The average Bonchev–Trinajstić information content (AvgIpc) is 3.00. The topological polar surface area (TPSA) is 47.0 Å². The van der Waals surface area contributed by atoms with Crippen LogP contribution in [-0.2, 0) is 0 Å². The molecule has 0 saturated carbocycles. The first-order chi connectivity index (χ1) is 13.1. The zero-order valence-electron chi connectivity index (χ0n) is 15.6. The van der Waals surface area contributed by atoms with E-state index in [0.29, 0.717) is 0 Å². The highest BCUT2D eigenvalue weighted by molar-refractivity contribution is 7.19. The van der Waals surface area contributed by atoms with Gasteiger partial charge in [0, 0.05) is 16.1 Å². The van der Waals surface area contributed by atoms with Gasteiger partial charge >= 0.3 is 0 Å². The van der Waals surface area contributed by atoms with E-state index >= 15 is 0 Å². The Kier molecular flexibility index (Phi) is 4.77. The predicted molar refractivity (Wildman–Crippen MR) is 113 cm³/mol. The minimum Gasteiger partial charge on any atom is -0.491 e. The number of aryl methyl sites for hydroxylation is 1. The molecule has 0 unspecified atom stereocenters.